The zero-order valence-electron chi connectivity index (χ0n) is 22.6. The Balaban J connectivity index is 2.42. The van der Waals surface area contributed by atoms with Crippen LogP contribution in [0.25, 0.3) is 0 Å². The molecule has 0 aliphatic heterocycles. The van der Waals surface area contributed by atoms with Crippen LogP contribution in [0.5, 0.6) is 0 Å². The van der Waals surface area contributed by atoms with Gasteiger partial charge in [0.1, 0.15) is 12.1 Å². The van der Waals surface area contributed by atoms with Crippen LogP contribution in [0, 0.1) is 11.8 Å². The van der Waals surface area contributed by atoms with E-state index < -0.39 is 29.9 Å². The predicted molar refractivity (Wildman–Crippen MR) is 152 cm³/mol. The maximum absolute atomic E-state index is 13.4. The maximum atomic E-state index is 13.4. The first-order valence-electron chi connectivity index (χ1n) is 12.5. The van der Waals surface area contributed by atoms with Crippen LogP contribution in [0.3, 0.4) is 0 Å². The number of carbonyl (C=O) groups excluding carboxylic acids is 2. The minimum atomic E-state index is -1.07. The number of carboxylic acids is 2. The van der Waals surface area contributed by atoms with E-state index in [9.17, 15) is 29.4 Å². The minimum Gasteiger partial charge on any atom is -0.480 e. The fraction of sp³-hybridized carbons (Fsp3) is 0.429. The van der Waals surface area contributed by atoms with Gasteiger partial charge in [-0.3, -0.25) is 14.5 Å². The molecule has 8 nitrogen and oxygen atoms in total. The zero-order chi connectivity index (χ0) is 28.6. The summed E-state index contributed by atoms with van der Waals surface area (Å²) in [6.45, 7) is 8.74. The second-order valence-corrected chi connectivity index (χ2v) is 11.5. The standard InChI is InChI=1S/C28H36N2O6S2/c1-7-17(3)24(27(33)34)29(6)26(32)20-13-9-11-15-22(20)37-38-23-16-12-10-14-21(23)30(19(5)31)25(28(35)36)18(4)8-2/h9-18,24-25H,7-8H2,1-6H3,(H,33,34)(H,35,36). The largest absolute Gasteiger partial charge is 0.480 e. The number of hydrogen-bond donors (Lipinski definition) is 2. The van der Waals surface area contributed by atoms with Crippen LogP contribution in [0.15, 0.2) is 58.3 Å². The molecule has 0 saturated carbocycles. The van der Waals surface area contributed by atoms with Crippen molar-refractivity contribution in [3.05, 3.63) is 54.1 Å². The Morgan fingerprint density at radius 2 is 1.26 bits per heavy atom. The predicted octanol–water partition coefficient (Wildman–Crippen LogP) is 5.91. The summed E-state index contributed by atoms with van der Waals surface area (Å²) in [7, 11) is 4.10. The SMILES string of the molecule is CCC(C)C(C(=O)O)N(C)C(=O)c1ccccc1SSc1ccccc1N(C(C)=O)C(C(=O)O)C(C)CC. The van der Waals surface area contributed by atoms with Crippen molar-refractivity contribution in [3.8, 4) is 0 Å². The number of amides is 2. The first kappa shape index (κ1) is 31.2. The third-order valence-electron chi connectivity index (χ3n) is 6.69. The molecule has 4 atom stereocenters. The molecular formula is C28H36N2O6S2. The smallest absolute Gasteiger partial charge is 0.327 e. The van der Waals surface area contributed by atoms with Crippen LogP contribution in [-0.4, -0.2) is 58.0 Å². The normalized spacial score (nSPS) is 14.2. The Morgan fingerprint density at radius 3 is 1.79 bits per heavy atom. The molecule has 4 unspecified atom stereocenters. The van der Waals surface area contributed by atoms with Crippen LogP contribution in [-0.2, 0) is 14.4 Å². The molecule has 2 N–H and O–H groups in total. The van der Waals surface area contributed by atoms with E-state index >= 15 is 0 Å². The van der Waals surface area contributed by atoms with Crippen molar-refractivity contribution in [1.82, 2.24) is 4.90 Å². The molecule has 0 aromatic heterocycles. The fourth-order valence-corrected chi connectivity index (χ4v) is 6.55. The van der Waals surface area contributed by atoms with E-state index in [1.165, 1.54) is 45.4 Å². The molecule has 206 valence electrons. The molecule has 0 heterocycles. The summed E-state index contributed by atoms with van der Waals surface area (Å²) in [5.41, 5.74) is 0.847. The van der Waals surface area contributed by atoms with Gasteiger partial charge in [0.15, 0.2) is 0 Å². The number of anilines is 1. The van der Waals surface area contributed by atoms with Crippen LogP contribution in [0.2, 0.25) is 0 Å². The molecule has 0 radical (unpaired) electrons. The third-order valence-corrected chi connectivity index (χ3v) is 9.16. The number of nitrogens with zero attached hydrogens (tertiary/aromatic N) is 2. The van der Waals surface area contributed by atoms with Crippen molar-refractivity contribution in [3.63, 3.8) is 0 Å². The molecule has 0 bridgehead atoms. The second-order valence-electron chi connectivity index (χ2n) is 9.27. The van der Waals surface area contributed by atoms with Gasteiger partial charge in [-0.15, -0.1) is 0 Å². The van der Waals surface area contributed by atoms with E-state index in [1.54, 1.807) is 62.4 Å². The lowest BCUT2D eigenvalue weighted by Crippen LogP contribution is -2.48. The fourth-order valence-electron chi connectivity index (χ4n) is 4.21. The lowest BCUT2D eigenvalue weighted by Gasteiger charge is -2.33. The van der Waals surface area contributed by atoms with E-state index in [0.717, 1.165) is 0 Å². The summed E-state index contributed by atoms with van der Waals surface area (Å²) in [5, 5.41) is 19.7. The molecule has 0 spiro atoms. The first-order valence-corrected chi connectivity index (χ1v) is 14.7. The molecule has 0 fully saturated rings. The zero-order valence-corrected chi connectivity index (χ0v) is 24.2. The van der Waals surface area contributed by atoms with Crippen molar-refractivity contribution < 1.29 is 29.4 Å². The molecule has 10 heteroatoms. The van der Waals surface area contributed by atoms with E-state index in [4.69, 9.17) is 0 Å². The van der Waals surface area contributed by atoms with Gasteiger partial charge in [0.2, 0.25) is 5.91 Å². The van der Waals surface area contributed by atoms with Gasteiger partial charge in [-0.2, -0.15) is 0 Å². The van der Waals surface area contributed by atoms with Gasteiger partial charge < -0.3 is 15.1 Å². The monoisotopic (exact) mass is 560 g/mol. The Kier molecular flexibility index (Phi) is 11.7. The van der Waals surface area contributed by atoms with Gasteiger partial charge in [0.05, 0.1) is 11.3 Å². The second kappa shape index (κ2) is 14.2. The minimum absolute atomic E-state index is 0.229. The first-order chi connectivity index (χ1) is 18.0. The average molecular weight is 561 g/mol. The molecule has 0 saturated heterocycles. The Hall–Kier alpha value is -2.98. The van der Waals surface area contributed by atoms with E-state index in [2.05, 4.69) is 0 Å². The summed E-state index contributed by atoms with van der Waals surface area (Å²) in [6.07, 6.45) is 1.19. The van der Waals surface area contributed by atoms with Crippen LogP contribution in [0.4, 0.5) is 5.69 Å². The molecule has 2 amide bonds. The molecule has 0 aliphatic carbocycles. The van der Waals surface area contributed by atoms with E-state index in [-0.39, 0.29) is 17.7 Å². The van der Waals surface area contributed by atoms with Crippen molar-refractivity contribution in [2.24, 2.45) is 11.8 Å². The molecule has 2 rings (SSSR count). The number of rotatable bonds is 13. The quantitative estimate of drug-likeness (QED) is 0.291. The van der Waals surface area contributed by atoms with Crippen LogP contribution < -0.4 is 4.90 Å². The number of carbonyl (C=O) groups is 4. The molecule has 2 aromatic carbocycles. The maximum Gasteiger partial charge on any atom is 0.327 e. The summed E-state index contributed by atoms with van der Waals surface area (Å²) < 4.78 is 0. The van der Waals surface area contributed by atoms with Crippen LogP contribution in [0.1, 0.15) is 57.8 Å². The summed E-state index contributed by atoms with van der Waals surface area (Å²) in [6, 6.07) is 12.0. The van der Waals surface area contributed by atoms with Crippen molar-refractivity contribution >= 4 is 51.0 Å². The Bertz CT molecular complexity index is 1160. The Morgan fingerprint density at radius 1 is 0.789 bits per heavy atom. The van der Waals surface area contributed by atoms with Crippen molar-refractivity contribution in [2.75, 3.05) is 11.9 Å². The highest BCUT2D eigenvalue weighted by Crippen LogP contribution is 2.44. The van der Waals surface area contributed by atoms with E-state index in [1.807, 2.05) is 13.8 Å². The molecule has 38 heavy (non-hydrogen) atoms. The number of para-hydroxylation sites is 1. The number of benzene rings is 2. The number of likely N-dealkylation sites (N-methyl/N-ethyl adjacent to an activating group) is 1. The number of aliphatic carboxylic acids is 2. The number of carboxylic acid groups (broad SMARTS) is 2. The summed E-state index contributed by atoms with van der Waals surface area (Å²) in [5.74, 6) is -3.41. The highest BCUT2D eigenvalue weighted by molar-refractivity contribution is 8.76. The topological polar surface area (TPSA) is 115 Å². The number of hydrogen-bond acceptors (Lipinski definition) is 6. The van der Waals surface area contributed by atoms with Gasteiger partial charge in [0.25, 0.3) is 5.91 Å². The summed E-state index contributed by atoms with van der Waals surface area (Å²) >= 11 is 0. The van der Waals surface area contributed by atoms with Gasteiger partial charge in [-0.1, -0.05) is 86.4 Å². The van der Waals surface area contributed by atoms with Gasteiger partial charge in [-0.05, 0) is 36.1 Å². The highest BCUT2D eigenvalue weighted by Gasteiger charge is 2.35. The molecule has 0 aliphatic rings. The summed E-state index contributed by atoms with van der Waals surface area (Å²) in [4.78, 5) is 54.1. The lowest BCUT2D eigenvalue weighted by molar-refractivity contribution is -0.144. The third kappa shape index (κ3) is 7.32. The van der Waals surface area contributed by atoms with Gasteiger partial charge in [-0.25, -0.2) is 9.59 Å². The molecular weight excluding hydrogens is 524 g/mol. The molecule has 2 aromatic rings. The average Bonchev–Trinajstić information content (AvgIpc) is 2.89. The van der Waals surface area contributed by atoms with Crippen molar-refractivity contribution in [1.29, 1.82) is 0 Å². The van der Waals surface area contributed by atoms with Crippen molar-refractivity contribution in [2.45, 2.75) is 69.3 Å². The highest BCUT2D eigenvalue weighted by atomic mass is 33.1. The van der Waals surface area contributed by atoms with Crippen LogP contribution >= 0.6 is 21.6 Å². The van der Waals surface area contributed by atoms with E-state index in [0.29, 0.717) is 33.9 Å². The van der Waals surface area contributed by atoms with Gasteiger partial charge >= 0.3 is 11.9 Å². The Labute approximate surface area is 232 Å². The van der Waals surface area contributed by atoms with Gasteiger partial charge in [0, 0.05) is 23.8 Å². The lowest BCUT2D eigenvalue weighted by atomic mass is 9.97.